The number of carbonyl (C=O) groups excluding carboxylic acids is 1. The number of aromatic nitrogens is 3. The van der Waals surface area contributed by atoms with Gasteiger partial charge in [0.25, 0.3) is 5.88 Å². The largest absolute Gasteiger partial charge is 0.478 e. The number of hydrogen-bond donors (Lipinski definition) is 3. The highest BCUT2D eigenvalue weighted by Crippen LogP contribution is 2.31. The van der Waals surface area contributed by atoms with Crippen molar-refractivity contribution in [2.24, 2.45) is 0 Å². The van der Waals surface area contributed by atoms with Crippen LogP contribution in [0, 0.1) is 0 Å². The Bertz CT molecular complexity index is 1030. The van der Waals surface area contributed by atoms with E-state index in [4.69, 9.17) is 9.84 Å². The minimum atomic E-state index is -3.03. The molecular formula is C18H18F3N5O4. The van der Waals surface area contributed by atoms with Crippen molar-refractivity contribution < 1.29 is 32.5 Å². The third kappa shape index (κ3) is 5.08. The number of anilines is 1. The summed E-state index contributed by atoms with van der Waals surface area (Å²) in [6.07, 6.45) is 1.49. The summed E-state index contributed by atoms with van der Waals surface area (Å²) in [6.45, 7) is -4.06. The van der Waals surface area contributed by atoms with E-state index in [2.05, 4.69) is 25.5 Å². The van der Waals surface area contributed by atoms with Crippen molar-refractivity contribution in [2.75, 3.05) is 25.6 Å². The van der Waals surface area contributed by atoms with E-state index >= 15 is 0 Å². The number of aliphatic hydroxyl groups excluding tert-OH is 1. The number of nitrogens with zero attached hydrogens (tertiary/aromatic N) is 3. The molecule has 0 aromatic carbocycles. The number of ether oxygens (including phenoxy) is 2. The van der Waals surface area contributed by atoms with Crippen molar-refractivity contribution in [1.29, 1.82) is 0 Å². The van der Waals surface area contributed by atoms with Gasteiger partial charge in [0.1, 0.15) is 6.17 Å². The molecule has 12 heteroatoms. The Labute approximate surface area is 168 Å². The van der Waals surface area contributed by atoms with Gasteiger partial charge in [-0.15, -0.1) is 5.10 Å². The number of halogens is 3. The normalized spacial score (nSPS) is 12.1. The summed E-state index contributed by atoms with van der Waals surface area (Å²) in [6, 6.07) is 5.64. The number of hydrogen-bond acceptors (Lipinski definition) is 6. The average Bonchev–Trinajstić information content (AvgIpc) is 3.12. The molecule has 0 saturated carbocycles. The lowest BCUT2D eigenvalue weighted by Gasteiger charge is -2.10. The fourth-order valence-electron chi connectivity index (χ4n) is 2.59. The number of nitrogens with one attached hydrogen (secondary N) is 2. The maximum absolute atomic E-state index is 13.0. The Hall–Kier alpha value is -3.54. The van der Waals surface area contributed by atoms with Crippen LogP contribution in [0.4, 0.5) is 23.8 Å². The van der Waals surface area contributed by atoms with Gasteiger partial charge in [0.2, 0.25) is 0 Å². The first-order valence-corrected chi connectivity index (χ1v) is 8.68. The molecular weight excluding hydrogens is 407 g/mol. The number of methoxy groups -OCH3 is 1. The van der Waals surface area contributed by atoms with Gasteiger partial charge in [0.15, 0.2) is 11.6 Å². The molecule has 0 fully saturated rings. The molecule has 30 heavy (non-hydrogen) atoms. The molecule has 0 radical (unpaired) electrons. The first-order chi connectivity index (χ1) is 14.4. The van der Waals surface area contributed by atoms with Crippen LogP contribution in [0.15, 0.2) is 36.7 Å². The maximum atomic E-state index is 13.0. The quantitative estimate of drug-likeness (QED) is 0.512. The Morgan fingerprint density at radius 1 is 1.27 bits per heavy atom. The van der Waals surface area contributed by atoms with E-state index in [-0.39, 0.29) is 24.0 Å². The summed E-state index contributed by atoms with van der Waals surface area (Å²) in [7, 11) is 1.29. The molecule has 0 aliphatic carbocycles. The number of rotatable bonds is 8. The zero-order chi connectivity index (χ0) is 21.7. The number of pyridine rings is 2. The van der Waals surface area contributed by atoms with Crippen LogP contribution < -0.4 is 20.1 Å². The van der Waals surface area contributed by atoms with Crippen LogP contribution in [-0.4, -0.2) is 58.8 Å². The number of alkyl halides is 3. The highest BCUT2D eigenvalue weighted by atomic mass is 19.3. The molecule has 3 aromatic heterocycles. The molecule has 0 aliphatic rings. The topological polar surface area (TPSA) is 110 Å². The molecule has 0 spiro atoms. The molecule has 0 unspecified atom stereocenters. The van der Waals surface area contributed by atoms with Gasteiger partial charge in [0, 0.05) is 24.0 Å². The highest BCUT2D eigenvalue weighted by molar-refractivity contribution is 5.89. The van der Waals surface area contributed by atoms with Gasteiger partial charge in [-0.1, -0.05) is 0 Å². The molecule has 3 heterocycles. The van der Waals surface area contributed by atoms with E-state index < -0.39 is 25.4 Å². The lowest BCUT2D eigenvalue weighted by atomic mass is 10.1. The van der Waals surface area contributed by atoms with E-state index in [0.29, 0.717) is 16.6 Å². The Morgan fingerprint density at radius 2 is 2.07 bits per heavy atom. The molecule has 1 atom stereocenters. The minimum absolute atomic E-state index is 0.0707. The van der Waals surface area contributed by atoms with Crippen LogP contribution >= 0.6 is 0 Å². The summed E-state index contributed by atoms with van der Waals surface area (Å²) >= 11 is 0. The van der Waals surface area contributed by atoms with Gasteiger partial charge in [-0.2, -0.15) is 8.78 Å². The van der Waals surface area contributed by atoms with E-state index in [0.717, 1.165) is 0 Å². The minimum Gasteiger partial charge on any atom is -0.478 e. The van der Waals surface area contributed by atoms with Gasteiger partial charge < -0.3 is 19.9 Å². The highest BCUT2D eigenvalue weighted by Gasteiger charge is 2.14. The third-order valence-electron chi connectivity index (χ3n) is 3.95. The smallest absolute Gasteiger partial charge is 0.387 e. The average molecular weight is 425 g/mol. The first kappa shape index (κ1) is 21.2. The van der Waals surface area contributed by atoms with Gasteiger partial charge in [0.05, 0.1) is 25.8 Å². The molecule has 3 aromatic rings. The molecule has 2 amide bonds. The SMILES string of the molecule is COc1ncc(-c2ccn3nc(NC(=O)NC[C@H](F)CO)cc3c2)cc1OC(F)F. The van der Waals surface area contributed by atoms with Crippen LogP contribution in [0.1, 0.15) is 0 Å². The Kier molecular flexibility index (Phi) is 6.57. The summed E-state index contributed by atoms with van der Waals surface area (Å²) in [4.78, 5) is 15.7. The van der Waals surface area contributed by atoms with Crippen LogP contribution in [0.3, 0.4) is 0 Å². The second-order valence-corrected chi connectivity index (χ2v) is 6.04. The van der Waals surface area contributed by atoms with E-state index in [1.165, 1.54) is 23.9 Å². The van der Waals surface area contributed by atoms with Crippen molar-refractivity contribution in [1.82, 2.24) is 19.9 Å². The standard InChI is InChI=1S/C18H18F3N5O4/c1-29-16-14(30-17(20)21)5-11(7-22-16)10-2-3-26-13(4-10)6-15(25-26)24-18(28)23-8-12(19)9-27/h2-7,12,17,27H,8-9H2,1H3,(H2,23,24,25,28)/t12-/m0/s1. The summed E-state index contributed by atoms with van der Waals surface area (Å²) in [5, 5.41) is 17.5. The van der Waals surface area contributed by atoms with E-state index in [9.17, 15) is 18.0 Å². The predicted octanol–water partition coefficient (Wildman–Crippen LogP) is 2.46. The van der Waals surface area contributed by atoms with Crippen LogP contribution in [0.25, 0.3) is 16.6 Å². The van der Waals surface area contributed by atoms with Gasteiger partial charge in [-0.25, -0.2) is 18.7 Å². The fraction of sp³-hybridized carbons (Fsp3) is 0.278. The van der Waals surface area contributed by atoms with E-state index in [1.807, 2.05) is 0 Å². The maximum Gasteiger partial charge on any atom is 0.387 e. The molecule has 0 bridgehead atoms. The summed E-state index contributed by atoms with van der Waals surface area (Å²) in [5.74, 6) is -0.0659. The van der Waals surface area contributed by atoms with Crippen molar-refractivity contribution in [3.63, 3.8) is 0 Å². The third-order valence-corrected chi connectivity index (χ3v) is 3.95. The fourth-order valence-corrected chi connectivity index (χ4v) is 2.59. The van der Waals surface area contributed by atoms with Crippen LogP contribution in [-0.2, 0) is 0 Å². The molecule has 3 rings (SSSR count). The molecule has 0 aliphatic heterocycles. The molecule has 0 saturated heterocycles. The number of amides is 2. The Balaban J connectivity index is 1.80. The molecule has 160 valence electrons. The monoisotopic (exact) mass is 425 g/mol. The second-order valence-electron chi connectivity index (χ2n) is 6.04. The Morgan fingerprint density at radius 3 is 2.77 bits per heavy atom. The van der Waals surface area contributed by atoms with Crippen LogP contribution in [0.2, 0.25) is 0 Å². The molecule has 3 N–H and O–H groups in total. The summed E-state index contributed by atoms with van der Waals surface area (Å²) in [5.41, 5.74) is 1.73. The second kappa shape index (κ2) is 9.31. The lowest BCUT2D eigenvalue weighted by molar-refractivity contribution is -0.0515. The number of urea groups is 1. The van der Waals surface area contributed by atoms with Crippen molar-refractivity contribution >= 4 is 17.4 Å². The molecule has 9 nitrogen and oxygen atoms in total. The van der Waals surface area contributed by atoms with Crippen molar-refractivity contribution in [3.8, 4) is 22.8 Å². The van der Waals surface area contributed by atoms with E-state index in [1.54, 1.807) is 24.4 Å². The van der Waals surface area contributed by atoms with Gasteiger partial charge in [-0.3, -0.25) is 5.32 Å². The zero-order valence-corrected chi connectivity index (χ0v) is 15.7. The van der Waals surface area contributed by atoms with Crippen molar-refractivity contribution in [2.45, 2.75) is 12.8 Å². The number of aliphatic hydroxyl groups is 1. The predicted molar refractivity (Wildman–Crippen MR) is 101 cm³/mol. The number of carbonyl (C=O) groups is 1. The first-order valence-electron chi connectivity index (χ1n) is 8.68. The van der Waals surface area contributed by atoms with Crippen LogP contribution in [0.5, 0.6) is 11.6 Å². The van der Waals surface area contributed by atoms with Crippen molar-refractivity contribution in [3.05, 3.63) is 36.7 Å². The number of fused-ring (bicyclic) bond motifs is 1. The van der Waals surface area contributed by atoms with Gasteiger partial charge in [-0.05, 0) is 23.8 Å². The lowest BCUT2D eigenvalue weighted by Crippen LogP contribution is -2.35. The van der Waals surface area contributed by atoms with Gasteiger partial charge >= 0.3 is 12.6 Å². The summed E-state index contributed by atoms with van der Waals surface area (Å²) < 4.78 is 49.1. The zero-order valence-electron chi connectivity index (χ0n) is 15.7.